The van der Waals surface area contributed by atoms with E-state index in [1.54, 1.807) is 11.3 Å². The van der Waals surface area contributed by atoms with Gasteiger partial charge in [-0.25, -0.2) is 0 Å². The fraction of sp³-hybridized carbons (Fsp3) is 0.615. The number of thiophene rings is 1. The van der Waals surface area contributed by atoms with E-state index in [1.165, 1.54) is 4.88 Å². The number of hydrogen-bond acceptors (Lipinski definition) is 4. The van der Waals surface area contributed by atoms with Crippen molar-refractivity contribution in [1.82, 2.24) is 5.32 Å². The number of ether oxygens (including phenoxy) is 1. The van der Waals surface area contributed by atoms with E-state index >= 15 is 0 Å². The molecule has 1 N–H and O–H groups in total. The van der Waals surface area contributed by atoms with Crippen molar-refractivity contribution < 1.29 is 9.53 Å². The van der Waals surface area contributed by atoms with Crippen molar-refractivity contribution in [3.63, 3.8) is 0 Å². The van der Waals surface area contributed by atoms with Gasteiger partial charge in [-0.2, -0.15) is 0 Å². The number of carbonyl (C=O) groups is 1. The predicted molar refractivity (Wildman–Crippen MR) is 71.3 cm³/mol. The fourth-order valence-electron chi connectivity index (χ4n) is 1.73. The van der Waals surface area contributed by atoms with Crippen LogP contribution in [0.15, 0.2) is 17.5 Å². The molecule has 0 saturated carbocycles. The summed E-state index contributed by atoms with van der Waals surface area (Å²) in [6.45, 7) is 6.37. The Hall–Kier alpha value is -0.870. The molecule has 0 fully saturated rings. The van der Waals surface area contributed by atoms with E-state index < -0.39 is 0 Å². The van der Waals surface area contributed by atoms with Crippen LogP contribution in [0.2, 0.25) is 0 Å². The molecular weight excluding hydrogens is 234 g/mol. The van der Waals surface area contributed by atoms with Gasteiger partial charge in [-0.1, -0.05) is 13.0 Å². The monoisotopic (exact) mass is 255 g/mol. The lowest BCUT2D eigenvalue weighted by molar-refractivity contribution is -0.145. The van der Waals surface area contributed by atoms with E-state index in [-0.39, 0.29) is 18.1 Å². The lowest BCUT2D eigenvalue weighted by Crippen LogP contribution is -2.43. The minimum absolute atomic E-state index is 0.145. The molecule has 96 valence electrons. The minimum Gasteiger partial charge on any atom is -0.465 e. The van der Waals surface area contributed by atoms with E-state index in [9.17, 15) is 4.79 Å². The van der Waals surface area contributed by atoms with Gasteiger partial charge < -0.3 is 10.1 Å². The zero-order valence-corrected chi connectivity index (χ0v) is 11.5. The summed E-state index contributed by atoms with van der Waals surface area (Å²) in [6.07, 6.45) is 1.71. The van der Waals surface area contributed by atoms with Gasteiger partial charge in [0.25, 0.3) is 0 Å². The summed E-state index contributed by atoms with van der Waals surface area (Å²) in [4.78, 5) is 13.0. The third-order valence-electron chi connectivity index (χ3n) is 2.55. The first-order valence-electron chi connectivity index (χ1n) is 6.12. The summed E-state index contributed by atoms with van der Waals surface area (Å²) in [5, 5.41) is 5.40. The first kappa shape index (κ1) is 14.2. The van der Waals surface area contributed by atoms with Gasteiger partial charge in [0.2, 0.25) is 0 Å². The highest BCUT2D eigenvalue weighted by Crippen LogP contribution is 2.11. The second-order valence-corrected chi connectivity index (χ2v) is 5.10. The maximum atomic E-state index is 11.6. The summed E-state index contributed by atoms with van der Waals surface area (Å²) in [6, 6.07) is 4.26. The second-order valence-electron chi connectivity index (χ2n) is 4.06. The van der Waals surface area contributed by atoms with E-state index in [2.05, 4.69) is 29.8 Å². The molecule has 0 bridgehead atoms. The molecule has 0 amide bonds. The predicted octanol–water partition coefficient (Wildman–Crippen LogP) is 2.61. The molecular formula is C13H21NO2S. The van der Waals surface area contributed by atoms with Crippen molar-refractivity contribution in [2.75, 3.05) is 6.61 Å². The molecule has 1 heterocycles. The van der Waals surface area contributed by atoms with Crippen LogP contribution >= 0.6 is 11.3 Å². The number of rotatable bonds is 7. The molecule has 0 spiro atoms. The van der Waals surface area contributed by atoms with Crippen LogP contribution in [-0.2, 0) is 16.0 Å². The Morgan fingerprint density at radius 2 is 2.29 bits per heavy atom. The van der Waals surface area contributed by atoms with Crippen molar-refractivity contribution in [2.24, 2.45) is 0 Å². The standard InChI is InChI=1S/C13H21NO2S/c1-4-12(13(15)16-5-2)14-10(3)9-11-7-6-8-17-11/h6-8,10,12,14H,4-5,9H2,1-3H3. The van der Waals surface area contributed by atoms with Crippen molar-refractivity contribution in [2.45, 2.75) is 45.7 Å². The maximum absolute atomic E-state index is 11.6. The van der Waals surface area contributed by atoms with Crippen molar-refractivity contribution in [3.8, 4) is 0 Å². The molecule has 2 atom stereocenters. The number of nitrogens with one attached hydrogen (secondary N) is 1. The van der Waals surface area contributed by atoms with Gasteiger partial charge in [-0.15, -0.1) is 11.3 Å². The average molecular weight is 255 g/mol. The molecule has 0 aliphatic carbocycles. The van der Waals surface area contributed by atoms with Crippen LogP contribution in [0, 0.1) is 0 Å². The highest BCUT2D eigenvalue weighted by Gasteiger charge is 2.19. The lowest BCUT2D eigenvalue weighted by Gasteiger charge is -2.20. The SMILES string of the molecule is CCOC(=O)C(CC)NC(C)Cc1cccs1. The first-order valence-corrected chi connectivity index (χ1v) is 7.00. The quantitative estimate of drug-likeness (QED) is 0.761. The molecule has 0 aromatic carbocycles. The highest BCUT2D eigenvalue weighted by atomic mass is 32.1. The van der Waals surface area contributed by atoms with Crippen molar-refractivity contribution in [1.29, 1.82) is 0 Å². The molecule has 1 aromatic rings. The topological polar surface area (TPSA) is 38.3 Å². The molecule has 0 saturated heterocycles. The Bertz CT molecular complexity index is 324. The molecule has 3 nitrogen and oxygen atoms in total. The van der Waals surface area contributed by atoms with Crippen LogP contribution in [0.3, 0.4) is 0 Å². The van der Waals surface area contributed by atoms with Crippen LogP contribution in [0.1, 0.15) is 32.1 Å². The summed E-state index contributed by atoms with van der Waals surface area (Å²) in [5.74, 6) is -0.145. The average Bonchev–Trinajstić information content (AvgIpc) is 2.78. The van der Waals surface area contributed by atoms with Crippen molar-refractivity contribution >= 4 is 17.3 Å². The number of hydrogen-bond donors (Lipinski definition) is 1. The molecule has 1 aromatic heterocycles. The highest BCUT2D eigenvalue weighted by molar-refractivity contribution is 7.09. The van der Waals surface area contributed by atoms with Gasteiger partial charge in [0.05, 0.1) is 6.61 Å². The fourth-order valence-corrected chi connectivity index (χ4v) is 2.56. The molecule has 0 aliphatic heterocycles. The summed E-state index contributed by atoms with van der Waals surface area (Å²) in [7, 11) is 0. The normalized spacial score (nSPS) is 14.3. The maximum Gasteiger partial charge on any atom is 0.323 e. The zero-order valence-electron chi connectivity index (χ0n) is 10.7. The smallest absolute Gasteiger partial charge is 0.323 e. The zero-order chi connectivity index (χ0) is 12.7. The van der Waals surface area contributed by atoms with Crippen molar-refractivity contribution in [3.05, 3.63) is 22.4 Å². The molecule has 0 radical (unpaired) electrons. The molecule has 0 aliphatic rings. The van der Waals surface area contributed by atoms with Gasteiger partial charge in [0, 0.05) is 10.9 Å². The molecule has 2 unspecified atom stereocenters. The Morgan fingerprint density at radius 1 is 1.53 bits per heavy atom. The summed E-state index contributed by atoms with van der Waals surface area (Å²) >= 11 is 1.75. The third kappa shape index (κ3) is 4.88. The number of esters is 1. The third-order valence-corrected chi connectivity index (χ3v) is 3.45. The summed E-state index contributed by atoms with van der Waals surface area (Å²) in [5.41, 5.74) is 0. The van der Waals surface area contributed by atoms with Crippen LogP contribution in [-0.4, -0.2) is 24.7 Å². The van der Waals surface area contributed by atoms with Crippen LogP contribution in [0.5, 0.6) is 0 Å². The van der Waals surface area contributed by atoms with Crippen LogP contribution in [0.25, 0.3) is 0 Å². The Morgan fingerprint density at radius 3 is 2.82 bits per heavy atom. The Labute approximate surface area is 107 Å². The Kier molecular flexibility index (Phi) is 6.22. The minimum atomic E-state index is -0.190. The van der Waals surface area contributed by atoms with E-state index in [0.717, 1.165) is 12.8 Å². The van der Waals surface area contributed by atoms with E-state index in [1.807, 2.05) is 13.8 Å². The van der Waals surface area contributed by atoms with Gasteiger partial charge in [-0.05, 0) is 38.1 Å². The second kappa shape index (κ2) is 7.45. The van der Waals surface area contributed by atoms with Gasteiger partial charge in [0.1, 0.15) is 6.04 Å². The largest absolute Gasteiger partial charge is 0.465 e. The first-order chi connectivity index (χ1) is 8.17. The molecule has 1 rings (SSSR count). The molecule has 4 heteroatoms. The Balaban J connectivity index is 2.42. The molecule has 17 heavy (non-hydrogen) atoms. The van der Waals surface area contributed by atoms with Crippen LogP contribution < -0.4 is 5.32 Å². The summed E-state index contributed by atoms with van der Waals surface area (Å²) < 4.78 is 5.03. The van der Waals surface area contributed by atoms with Gasteiger partial charge in [-0.3, -0.25) is 4.79 Å². The lowest BCUT2D eigenvalue weighted by atomic mass is 10.1. The van der Waals surface area contributed by atoms with Gasteiger partial charge >= 0.3 is 5.97 Å². The van der Waals surface area contributed by atoms with Gasteiger partial charge in [0.15, 0.2) is 0 Å². The van der Waals surface area contributed by atoms with E-state index in [4.69, 9.17) is 4.74 Å². The van der Waals surface area contributed by atoms with E-state index in [0.29, 0.717) is 6.61 Å². The number of carbonyl (C=O) groups excluding carboxylic acids is 1. The van der Waals surface area contributed by atoms with Crippen LogP contribution in [0.4, 0.5) is 0 Å².